The Kier molecular flexibility index (Phi) is 4.03. The minimum absolute atomic E-state index is 0.0903. The van der Waals surface area contributed by atoms with Gasteiger partial charge in [-0.15, -0.1) is 11.8 Å². The Morgan fingerprint density at radius 3 is 2.38 bits per heavy atom. The molecule has 2 aliphatic rings. The quantitative estimate of drug-likeness (QED) is 0.602. The van der Waals surface area contributed by atoms with Gasteiger partial charge in [0.05, 0.1) is 23.3 Å². The van der Waals surface area contributed by atoms with Crippen molar-refractivity contribution in [3.05, 3.63) is 10.6 Å². The number of hydrogen-bond donors (Lipinski definition) is 3. The van der Waals surface area contributed by atoms with Gasteiger partial charge in [0, 0.05) is 10.8 Å². The minimum atomic E-state index is -1.21. The molecule has 4 N–H and O–H groups in total. The molecule has 21 heavy (non-hydrogen) atoms. The third kappa shape index (κ3) is 2.32. The third-order valence-corrected chi connectivity index (χ3v) is 5.42. The number of nitrogens with two attached hydrogens (primary N) is 1. The molecular formula is C13H18N2O5S. The predicted molar refractivity (Wildman–Crippen MR) is 75.9 cm³/mol. The van der Waals surface area contributed by atoms with Gasteiger partial charge in [0.2, 0.25) is 11.8 Å². The number of aliphatic carboxylic acids is 1. The summed E-state index contributed by atoms with van der Waals surface area (Å²) in [5.41, 5.74) is 5.13. The van der Waals surface area contributed by atoms with Gasteiger partial charge in [0.25, 0.3) is 0 Å². The zero-order chi connectivity index (χ0) is 16.1. The molecule has 0 saturated carbocycles. The number of hydrogen-bond acceptors (Lipinski definition) is 5. The van der Waals surface area contributed by atoms with Crippen LogP contribution in [0.3, 0.4) is 0 Å². The number of carboxylic acids is 1. The molecule has 2 rings (SSSR count). The Balaban J connectivity index is 2.36. The van der Waals surface area contributed by atoms with Crippen LogP contribution in [0.5, 0.6) is 0 Å². The summed E-state index contributed by atoms with van der Waals surface area (Å²) < 4.78 is 0. The van der Waals surface area contributed by atoms with E-state index in [1.54, 1.807) is 13.8 Å². The maximum absolute atomic E-state index is 12.1. The minimum Gasteiger partial charge on any atom is -0.477 e. The molecular weight excluding hydrogens is 296 g/mol. The van der Waals surface area contributed by atoms with E-state index in [-0.39, 0.29) is 23.6 Å². The summed E-state index contributed by atoms with van der Waals surface area (Å²) in [5, 5.41) is 18.5. The Bertz CT molecular complexity index is 545. The first-order valence-electron chi connectivity index (χ1n) is 6.63. The van der Waals surface area contributed by atoms with Crippen molar-refractivity contribution in [2.75, 3.05) is 0 Å². The molecule has 116 valence electrons. The summed E-state index contributed by atoms with van der Waals surface area (Å²) in [6.07, 6.45) is -0.839. The van der Waals surface area contributed by atoms with Crippen LogP contribution in [0.25, 0.3) is 0 Å². The van der Waals surface area contributed by atoms with Gasteiger partial charge < -0.3 is 20.8 Å². The van der Waals surface area contributed by atoms with Crippen molar-refractivity contribution in [1.82, 2.24) is 4.90 Å². The smallest absolute Gasteiger partial charge is 0.353 e. The van der Waals surface area contributed by atoms with Crippen molar-refractivity contribution in [3.63, 3.8) is 0 Å². The summed E-state index contributed by atoms with van der Waals surface area (Å²) in [6.45, 7) is 4.91. The van der Waals surface area contributed by atoms with Gasteiger partial charge in [-0.2, -0.15) is 0 Å². The molecule has 7 nitrogen and oxygen atoms in total. The Morgan fingerprint density at radius 1 is 1.38 bits per heavy atom. The topological polar surface area (TPSA) is 121 Å². The summed E-state index contributed by atoms with van der Waals surface area (Å²) in [5.74, 6) is -2.99. The summed E-state index contributed by atoms with van der Waals surface area (Å²) >= 11 is 1.07. The number of carbonyl (C=O) groups excluding carboxylic acids is 2. The van der Waals surface area contributed by atoms with Crippen LogP contribution in [0.15, 0.2) is 10.6 Å². The molecule has 0 aromatic heterocycles. The molecule has 0 aromatic rings. The molecule has 0 spiro atoms. The molecule has 0 aliphatic carbocycles. The second-order valence-electron chi connectivity index (χ2n) is 5.43. The largest absolute Gasteiger partial charge is 0.477 e. The van der Waals surface area contributed by atoms with Gasteiger partial charge in [-0.05, 0) is 13.8 Å². The first kappa shape index (κ1) is 15.8. The number of thioether (sulfide) groups is 1. The van der Waals surface area contributed by atoms with Crippen LogP contribution in [-0.2, 0) is 14.4 Å². The van der Waals surface area contributed by atoms with E-state index in [2.05, 4.69) is 0 Å². The van der Waals surface area contributed by atoms with Crippen LogP contribution in [0.2, 0.25) is 0 Å². The van der Waals surface area contributed by atoms with Gasteiger partial charge in [0.15, 0.2) is 0 Å². The van der Waals surface area contributed by atoms with Crippen molar-refractivity contribution in [1.29, 1.82) is 0 Å². The number of nitrogens with zero attached hydrogens (tertiary/aromatic N) is 1. The van der Waals surface area contributed by atoms with E-state index in [1.165, 1.54) is 11.8 Å². The highest BCUT2D eigenvalue weighted by molar-refractivity contribution is 8.04. The highest BCUT2D eigenvalue weighted by Crippen LogP contribution is 2.51. The molecule has 0 bridgehead atoms. The lowest BCUT2D eigenvalue weighted by atomic mass is 9.79. The first-order valence-corrected chi connectivity index (χ1v) is 7.51. The van der Waals surface area contributed by atoms with Crippen molar-refractivity contribution >= 4 is 29.5 Å². The van der Waals surface area contributed by atoms with E-state index in [0.717, 1.165) is 11.8 Å². The van der Waals surface area contributed by atoms with Crippen LogP contribution < -0.4 is 5.73 Å². The third-order valence-electron chi connectivity index (χ3n) is 4.02. The van der Waals surface area contributed by atoms with Crippen molar-refractivity contribution < 1.29 is 24.6 Å². The highest BCUT2D eigenvalue weighted by atomic mass is 32.2. The molecule has 5 atom stereocenters. The van der Waals surface area contributed by atoms with E-state index in [4.69, 9.17) is 5.73 Å². The SMILES string of the molecule is C[C@H](SC1=C(C(=O)O)N2C(=O)[C@H]([C@@H](C)O)[C@H]2[C@H]1C)C(N)=O. The fourth-order valence-corrected chi connectivity index (χ4v) is 4.08. The number of β-lactam (4-membered cyclic amide) rings is 1. The van der Waals surface area contributed by atoms with Gasteiger partial charge in [0.1, 0.15) is 5.70 Å². The normalized spacial score (nSPS) is 30.8. The van der Waals surface area contributed by atoms with Crippen LogP contribution in [-0.4, -0.2) is 50.3 Å². The van der Waals surface area contributed by atoms with E-state index in [9.17, 15) is 24.6 Å². The second-order valence-corrected chi connectivity index (χ2v) is 6.82. The number of carbonyl (C=O) groups is 3. The number of carboxylic acid groups (broad SMARTS) is 1. The number of aliphatic hydroxyl groups excluding tert-OH is 1. The number of fused-ring (bicyclic) bond motifs is 1. The van der Waals surface area contributed by atoms with Crippen LogP contribution >= 0.6 is 11.8 Å². The average molecular weight is 314 g/mol. The van der Waals surface area contributed by atoms with E-state index in [0.29, 0.717) is 4.91 Å². The summed E-state index contributed by atoms with van der Waals surface area (Å²) in [6, 6.07) is -0.369. The van der Waals surface area contributed by atoms with Gasteiger partial charge in [-0.25, -0.2) is 4.79 Å². The lowest BCUT2D eigenvalue weighted by Crippen LogP contribution is -2.63. The molecule has 0 unspecified atom stereocenters. The fraction of sp³-hybridized carbons (Fsp3) is 0.615. The van der Waals surface area contributed by atoms with Crippen LogP contribution in [0.4, 0.5) is 0 Å². The summed E-state index contributed by atoms with van der Waals surface area (Å²) in [7, 11) is 0. The number of aliphatic hydroxyl groups is 1. The lowest BCUT2D eigenvalue weighted by Gasteiger charge is -2.46. The Morgan fingerprint density at radius 2 is 1.95 bits per heavy atom. The molecule has 8 heteroatoms. The van der Waals surface area contributed by atoms with Gasteiger partial charge in [-0.3, -0.25) is 9.59 Å². The van der Waals surface area contributed by atoms with Gasteiger partial charge in [-0.1, -0.05) is 6.92 Å². The van der Waals surface area contributed by atoms with E-state index < -0.39 is 29.1 Å². The van der Waals surface area contributed by atoms with Crippen LogP contribution in [0.1, 0.15) is 20.8 Å². The predicted octanol–water partition coefficient (Wildman–Crippen LogP) is -0.253. The summed E-state index contributed by atoms with van der Waals surface area (Å²) in [4.78, 5) is 36.4. The van der Waals surface area contributed by atoms with Crippen molar-refractivity contribution in [2.24, 2.45) is 17.6 Å². The number of rotatable bonds is 5. The van der Waals surface area contributed by atoms with Crippen molar-refractivity contribution in [2.45, 2.75) is 38.2 Å². The second kappa shape index (κ2) is 5.34. The van der Waals surface area contributed by atoms with Crippen molar-refractivity contribution in [3.8, 4) is 0 Å². The molecule has 2 heterocycles. The molecule has 1 fully saturated rings. The van der Waals surface area contributed by atoms with E-state index in [1.807, 2.05) is 0 Å². The highest BCUT2D eigenvalue weighted by Gasteiger charge is 2.60. The molecule has 2 amide bonds. The lowest BCUT2D eigenvalue weighted by molar-refractivity contribution is -0.163. The Labute approximate surface area is 126 Å². The maximum atomic E-state index is 12.1. The zero-order valence-electron chi connectivity index (χ0n) is 11.9. The first-order chi connectivity index (χ1) is 9.68. The monoisotopic (exact) mass is 314 g/mol. The molecule has 0 radical (unpaired) electrons. The molecule has 2 aliphatic heterocycles. The number of primary amides is 1. The zero-order valence-corrected chi connectivity index (χ0v) is 12.8. The molecule has 1 saturated heterocycles. The fourth-order valence-electron chi connectivity index (χ4n) is 2.93. The van der Waals surface area contributed by atoms with E-state index >= 15 is 0 Å². The molecule has 0 aromatic carbocycles. The van der Waals surface area contributed by atoms with Gasteiger partial charge >= 0.3 is 5.97 Å². The Hall–Kier alpha value is -1.54. The maximum Gasteiger partial charge on any atom is 0.353 e. The average Bonchev–Trinajstić information content (AvgIpc) is 2.59. The standard InChI is InChI=1S/C13H18N2O5S/c1-4-8-7(5(2)16)12(18)15(8)9(13(19)20)10(4)21-6(3)11(14)17/h4-8,16H,1-3H3,(H2,14,17)(H,19,20)/t4-,5-,6+,7-,8-/m1/s1. The van der Waals surface area contributed by atoms with Crippen LogP contribution in [0, 0.1) is 11.8 Å². The number of amides is 2.